The van der Waals surface area contributed by atoms with Gasteiger partial charge in [-0.1, -0.05) is 13.8 Å². The minimum atomic E-state index is -3.57. The van der Waals surface area contributed by atoms with Gasteiger partial charge in [0, 0.05) is 12.1 Å². The van der Waals surface area contributed by atoms with Crippen LogP contribution in [0.2, 0.25) is 0 Å². The molecule has 0 spiro atoms. The first-order valence-electron chi connectivity index (χ1n) is 6.45. The quantitative estimate of drug-likeness (QED) is 0.681. The predicted octanol–water partition coefficient (Wildman–Crippen LogP) is 0.578. The molecule has 1 aromatic rings. The van der Waals surface area contributed by atoms with Gasteiger partial charge in [0.15, 0.2) is 0 Å². The van der Waals surface area contributed by atoms with Crippen LogP contribution in [-0.2, 0) is 14.8 Å². The summed E-state index contributed by atoms with van der Waals surface area (Å²) in [5.74, 6) is -1.67. The van der Waals surface area contributed by atoms with Gasteiger partial charge in [-0.2, -0.15) is 0 Å². The van der Waals surface area contributed by atoms with Crippen LogP contribution in [0.15, 0.2) is 29.2 Å². The van der Waals surface area contributed by atoms with Gasteiger partial charge in [0.25, 0.3) is 5.91 Å². The first-order valence-corrected chi connectivity index (χ1v) is 7.93. The number of hydrogen-bond donors (Lipinski definition) is 3. The minimum Gasteiger partial charge on any atom is -0.480 e. The van der Waals surface area contributed by atoms with E-state index >= 15 is 0 Å². The van der Waals surface area contributed by atoms with Crippen molar-refractivity contribution in [1.82, 2.24) is 10.0 Å². The van der Waals surface area contributed by atoms with E-state index in [1.54, 1.807) is 13.8 Å². The van der Waals surface area contributed by atoms with E-state index < -0.39 is 27.9 Å². The Morgan fingerprint density at radius 3 is 2.19 bits per heavy atom. The number of amides is 1. The van der Waals surface area contributed by atoms with E-state index in [0.717, 1.165) is 0 Å². The van der Waals surface area contributed by atoms with Crippen molar-refractivity contribution in [3.63, 3.8) is 0 Å². The molecule has 0 aromatic heterocycles. The highest BCUT2D eigenvalue weighted by molar-refractivity contribution is 7.89. The number of aliphatic carboxylic acids is 1. The van der Waals surface area contributed by atoms with Crippen molar-refractivity contribution in [2.45, 2.75) is 31.2 Å². The summed E-state index contributed by atoms with van der Waals surface area (Å²) < 4.78 is 25.8. The molecule has 8 heteroatoms. The lowest BCUT2D eigenvalue weighted by atomic mass is 10.1. The second kappa shape index (κ2) is 7.19. The Labute approximate surface area is 123 Å². The topological polar surface area (TPSA) is 113 Å². The standard InChI is InChI=1S/C13H18N2O5S/c1-3-11(13(17)18)15-12(16)9-5-7-10(8-6-9)21(19,20)14-4-2/h5-8,11,14H,3-4H2,1-2H3,(H,15,16)(H,17,18)/t11-/m1/s1. The maximum Gasteiger partial charge on any atom is 0.326 e. The molecule has 0 fully saturated rings. The van der Waals surface area contributed by atoms with Gasteiger partial charge >= 0.3 is 5.97 Å². The Kier molecular flexibility index (Phi) is 5.86. The zero-order chi connectivity index (χ0) is 16.0. The van der Waals surface area contributed by atoms with Crippen molar-refractivity contribution >= 4 is 21.9 Å². The third kappa shape index (κ3) is 4.54. The van der Waals surface area contributed by atoms with Gasteiger partial charge in [-0.3, -0.25) is 4.79 Å². The summed E-state index contributed by atoms with van der Waals surface area (Å²) >= 11 is 0. The maximum atomic E-state index is 11.9. The third-order valence-electron chi connectivity index (χ3n) is 2.77. The smallest absolute Gasteiger partial charge is 0.326 e. The molecule has 0 heterocycles. The van der Waals surface area contributed by atoms with E-state index in [1.807, 2.05) is 0 Å². The fourth-order valence-corrected chi connectivity index (χ4v) is 2.68. The molecule has 1 rings (SSSR count). The van der Waals surface area contributed by atoms with Crippen LogP contribution in [0.5, 0.6) is 0 Å². The van der Waals surface area contributed by atoms with Crippen molar-refractivity contribution < 1.29 is 23.1 Å². The maximum absolute atomic E-state index is 11.9. The number of benzene rings is 1. The van der Waals surface area contributed by atoms with Gasteiger partial charge < -0.3 is 10.4 Å². The average Bonchev–Trinajstić information content (AvgIpc) is 2.44. The molecule has 0 saturated heterocycles. The van der Waals surface area contributed by atoms with Crippen LogP contribution in [0, 0.1) is 0 Å². The van der Waals surface area contributed by atoms with E-state index in [1.165, 1.54) is 24.3 Å². The van der Waals surface area contributed by atoms with E-state index in [-0.39, 0.29) is 23.4 Å². The lowest BCUT2D eigenvalue weighted by Crippen LogP contribution is -2.40. The molecule has 0 saturated carbocycles. The molecule has 1 aromatic carbocycles. The van der Waals surface area contributed by atoms with E-state index in [0.29, 0.717) is 0 Å². The minimum absolute atomic E-state index is 0.0474. The molecule has 0 aliphatic carbocycles. The molecule has 1 amide bonds. The number of hydrogen-bond acceptors (Lipinski definition) is 4. The van der Waals surface area contributed by atoms with Crippen molar-refractivity contribution in [2.75, 3.05) is 6.54 Å². The summed E-state index contributed by atoms with van der Waals surface area (Å²) in [5, 5.41) is 11.2. The van der Waals surface area contributed by atoms with Gasteiger partial charge in [0.05, 0.1) is 4.90 Å². The second-order valence-electron chi connectivity index (χ2n) is 4.30. The molecular formula is C13H18N2O5S. The fraction of sp³-hybridized carbons (Fsp3) is 0.385. The Bertz CT molecular complexity index is 610. The first kappa shape index (κ1) is 17.1. The number of carbonyl (C=O) groups excluding carboxylic acids is 1. The average molecular weight is 314 g/mol. The van der Waals surface area contributed by atoms with E-state index in [4.69, 9.17) is 5.11 Å². The molecular weight excluding hydrogens is 296 g/mol. The van der Waals surface area contributed by atoms with Crippen LogP contribution >= 0.6 is 0 Å². The molecule has 7 nitrogen and oxygen atoms in total. The largest absolute Gasteiger partial charge is 0.480 e. The van der Waals surface area contributed by atoms with Crippen LogP contribution < -0.4 is 10.0 Å². The molecule has 0 radical (unpaired) electrons. The van der Waals surface area contributed by atoms with Gasteiger partial charge in [0.1, 0.15) is 6.04 Å². The third-order valence-corrected chi connectivity index (χ3v) is 4.33. The number of sulfonamides is 1. The summed E-state index contributed by atoms with van der Waals surface area (Å²) in [5.41, 5.74) is 0.199. The number of rotatable bonds is 7. The van der Waals surface area contributed by atoms with Crippen LogP contribution in [0.25, 0.3) is 0 Å². The highest BCUT2D eigenvalue weighted by atomic mass is 32.2. The van der Waals surface area contributed by atoms with E-state index in [2.05, 4.69) is 10.0 Å². The van der Waals surface area contributed by atoms with Crippen molar-refractivity contribution in [1.29, 1.82) is 0 Å². The van der Waals surface area contributed by atoms with Crippen LogP contribution in [-0.4, -0.2) is 38.0 Å². The molecule has 0 aliphatic rings. The highest BCUT2D eigenvalue weighted by Crippen LogP contribution is 2.10. The summed E-state index contributed by atoms with van der Waals surface area (Å²) in [4.78, 5) is 22.8. The van der Waals surface area contributed by atoms with Crippen molar-refractivity contribution in [3.05, 3.63) is 29.8 Å². The SMILES string of the molecule is CCNS(=O)(=O)c1ccc(C(=O)N[C@H](CC)C(=O)O)cc1. The second-order valence-corrected chi connectivity index (χ2v) is 6.07. The molecule has 0 unspecified atom stereocenters. The number of carboxylic acids is 1. The monoisotopic (exact) mass is 314 g/mol. The predicted molar refractivity (Wildman–Crippen MR) is 76.5 cm³/mol. The molecule has 0 aliphatic heterocycles. The Balaban J connectivity index is 2.88. The number of carboxylic acid groups (broad SMARTS) is 1. The van der Waals surface area contributed by atoms with Crippen LogP contribution in [0.3, 0.4) is 0 Å². The molecule has 0 bridgehead atoms. The van der Waals surface area contributed by atoms with Crippen molar-refractivity contribution in [2.24, 2.45) is 0 Å². The fourth-order valence-electron chi connectivity index (χ4n) is 1.64. The van der Waals surface area contributed by atoms with Gasteiger partial charge in [0.2, 0.25) is 10.0 Å². The molecule has 116 valence electrons. The van der Waals surface area contributed by atoms with E-state index in [9.17, 15) is 18.0 Å². The first-order chi connectivity index (χ1) is 9.81. The number of nitrogens with one attached hydrogen (secondary N) is 2. The highest BCUT2D eigenvalue weighted by Gasteiger charge is 2.19. The zero-order valence-electron chi connectivity index (χ0n) is 11.8. The van der Waals surface area contributed by atoms with Crippen molar-refractivity contribution in [3.8, 4) is 0 Å². The summed E-state index contributed by atoms with van der Waals surface area (Å²) in [7, 11) is -3.57. The van der Waals surface area contributed by atoms with Gasteiger partial charge in [-0.05, 0) is 30.7 Å². The summed E-state index contributed by atoms with van der Waals surface area (Å²) in [6.07, 6.45) is 0.258. The molecule has 1 atom stereocenters. The summed E-state index contributed by atoms with van der Waals surface area (Å²) in [6.45, 7) is 3.57. The zero-order valence-corrected chi connectivity index (χ0v) is 12.6. The summed E-state index contributed by atoms with van der Waals surface area (Å²) in [6, 6.07) is 4.31. The van der Waals surface area contributed by atoms with Gasteiger partial charge in [-0.15, -0.1) is 0 Å². The normalized spacial score (nSPS) is 12.7. The Hall–Kier alpha value is -1.93. The Morgan fingerprint density at radius 2 is 1.76 bits per heavy atom. The van der Waals surface area contributed by atoms with Gasteiger partial charge in [-0.25, -0.2) is 17.9 Å². The van der Waals surface area contributed by atoms with Crippen LogP contribution in [0.1, 0.15) is 30.6 Å². The lowest BCUT2D eigenvalue weighted by molar-refractivity contribution is -0.139. The van der Waals surface area contributed by atoms with Crippen LogP contribution in [0.4, 0.5) is 0 Å². The Morgan fingerprint density at radius 1 is 1.19 bits per heavy atom. The molecule has 3 N–H and O–H groups in total. The lowest BCUT2D eigenvalue weighted by Gasteiger charge is -2.12. The molecule has 21 heavy (non-hydrogen) atoms. The number of carbonyl (C=O) groups is 2.